The molecule has 2 amide bonds. The minimum absolute atomic E-state index is 0.185. The summed E-state index contributed by atoms with van der Waals surface area (Å²) in [7, 11) is 3.36. The lowest BCUT2D eigenvalue weighted by atomic mass is 10.1. The largest absolute Gasteiger partial charge is 0.368 e. The number of amides is 2. The van der Waals surface area contributed by atoms with Gasteiger partial charge in [-0.2, -0.15) is 0 Å². The lowest BCUT2D eigenvalue weighted by molar-refractivity contribution is -0.119. The maximum absolute atomic E-state index is 12.6. The average molecular weight is 328 g/mol. The molecule has 1 fully saturated rings. The lowest BCUT2D eigenvalue weighted by Crippen LogP contribution is -2.42. The molecule has 0 aliphatic carbocycles. The van der Waals surface area contributed by atoms with Gasteiger partial charge in [0.25, 0.3) is 5.91 Å². The van der Waals surface area contributed by atoms with Crippen LogP contribution < -0.4 is 10.6 Å². The molecule has 8 nitrogen and oxygen atoms in total. The van der Waals surface area contributed by atoms with Crippen LogP contribution in [0.3, 0.4) is 0 Å². The van der Waals surface area contributed by atoms with Crippen molar-refractivity contribution in [3.05, 3.63) is 23.7 Å². The number of hydrogen-bond acceptors (Lipinski definition) is 6. The average Bonchev–Trinajstić information content (AvgIpc) is 3.02. The minimum Gasteiger partial charge on any atom is -0.368 e. The number of hydrogen-bond donors (Lipinski definition) is 1. The Balaban J connectivity index is 2.21. The first-order chi connectivity index (χ1) is 11.4. The molecule has 1 aliphatic rings. The molecule has 24 heavy (non-hydrogen) atoms. The number of aryl methyl sites for hydroxylation is 1. The molecule has 2 aromatic heterocycles. The predicted molar refractivity (Wildman–Crippen MR) is 89.6 cm³/mol. The van der Waals surface area contributed by atoms with Crippen LogP contribution in [0.4, 0.5) is 5.82 Å². The number of primary amides is 1. The molecule has 0 saturated carbocycles. The first-order valence-electron chi connectivity index (χ1n) is 7.80. The Hall–Kier alpha value is -2.77. The summed E-state index contributed by atoms with van der Waals surface area (Å²) in [6.07, 6.45) is 3.13. The SMILES string of the molecule is Cc1ncc2cc(C(=O)N(C)C)c(N3CCCC3C(N)=O)nc2n1. The number of nitrogens with zero attached hydrogens (tertiary/aromatic N) is 5. The Morgan fingerprint density at radius 2 is 2.08 bits per heavy atom. The highest BCUT2D eigenvalue weighted by molar-refractivity contribution is 6.02. The number of carbonyl (C=O) groups excluding carboxylic acids is 2. The summed E-state index contributed by atoms with van der Waals surface area (Å²) in [6.45, 7) is 2.41. The molecule has 0 spiro atoms. The summed E-state index contributed by atoms with van der Waals surface area (Å²) >= 11 is 0. The second kappa shape index (κ2) is 6.03. The van der Waals surface area contributed by atoms with Gasteiger partial charge in [0.1, 0.15) is 17.7 Å². The maximum Gasteiger partial charge on any atom is 0.257 e. The van der Waals surface area contributed by atoms with Gasteiger partial charge in [-0.25, -0.2) is 15.0 Å². The van der Waals surface area contributed by atoms with Crippen LogP contribution in [0.5, 0.6) is 0 Å². The van der Waals surface area contributed by atoms with E-state index in [1.807, 2.05) is 4.90 Å². The number of anilines is 1. The second-order valence-corrected chi connectivity index (χ2v) is 6.14. The quantitative estimate of drug-likeness (QED) is 0.879. The van der Waals surface area contributed by atoms with E-state index in [-0.39, 0.29) is 5.91 Å². The van der Waals surface area contributed by atoms with E-state index in [9.17, 15) is 9.59 Å². The third kappa shape index (κ3) is 2.75. The van der Waals surface area contributed by atoms with Gasteiger partial charge in [-0.3, -0.25) is 9.59 Å². The minimum atomic E-state index is -0.452. The van der Waals surface area contributed by atoms with Crippen molar-refractivity contribution in [3.63, 3.8) is 0 Å². The van der Waals surface area contributed by atoms with E-state index < -0.39 is 11.9 Å². The summed E-state index contributed by atoms with van der Waals surface area (Å²) in [5.74, 6) is 0.465. The zero-order valence-corrected chi connectivity index (χ0v) is 14.0. The van der Waals surface area contributed by atoms with Gasteiger partial charge in [0, 0.05) is 32.2 Å². The lowest BCUT2D eigenvalue weighted by Gasteiger charge is -2.26. The molecule has 8 heteroatoms. The van der Waals surface area contributed by atoms with E-state index in [4.69, 9.17) is 5.73 Å². The topological polar surface area (TPSA) is 105 Å². The summed E-state index contributed by atoms with van der Waals surface area (Å²) < 4.78 is 0. The van der Waals surface area contributed by atoms with Crippen molar-refractivity contribution in [3.8, 4) is 0 Å². The zero-order valence-electron chi connectivity index (χ0n) is 14.0. The van der Waals surface area contributed by atoms with Gasteiger partial charge in [0.15, 0.2) is 5.65 Å². The highest BCUT2D eigenvalue weighted by Gasteiger charge is 2.33. The number of rotatable bonds is 3. The zero-order chi connectivity index (χ0) is 17.4. The maximum atomic E-state index is 12.6. The first kappa shape index (κ1) is 16.1. The number of fused-ring (bicyclic) bond motifs is 1. The molecule has 2 N–H and O–H groups in total. The number of aromatic nitrogens is 3. The van der Waals surface area contributed by atoms with Crippen LogP contribution in [0.15, 0.2) is 12.3 Å². The van der Waals surface area contributed by atoms with Gasteiger partial charge in [-0.1, -0.05) is 0 Å². The van der Waals surface area contributed by atoms with Crippen molar-refractivity contribution < 1.29 is 9.59 Å². The molecule has 0 radical (unpaired) electrons. The van der Waals surface area contributed by atoms with Crippen molar-refractivity contribution in [1.29, 1.82) is 0 Å². The van der Waals surface area contributed by atoms with Crippen molar-refractivity contribution in [2.75, 3.05) is 25.5 Å². The van der Waals surface area contributed by atoms with E-state index in [2.05, 4.69) is 15.0 Å². The van der Waals surface area contributed by atoms with Gasteiger partial charge in [0.05, 0.1) is 5.56 Å². The molecular formula is C16H20N6O2. The smallest absolute Gasteiger partial charge is 0.257 e. The van der Waals surface area contributed by atoms with Gasteiger partial charge in [-0.05, 0) is 25.8 Å². The highest BCUT2D eigenvalue weighted by Crippen LogP contribution is 2.29. The van der Waals surface area contributed by atoms with E-state index in [0.29, 0.717) is 41.2 Å². The number of carbonyl (C=O) groups is 2. The van der Waals surface area contributed by atoms with Crippen LogP contribution in [0, 0.1) is 6.92 Å². The fourth-order valence-corrected chi connectivity index (χ4v) is 2.97. The Labute approximate surface area is 139 Å². The van der Waals surface area contributed by atoms with Crippen molar-refractivity contribution in [1.82, 2.24) is 19.9 Å². The molecule has 2 aromatic rings. The normalized spacial score (nSPS) is 17.3. The monoisotopic (exact) mass is 328 g/mol. The van der Waals surface area contributed by atoms with E-state index in [0.717, 1.165) is 6.42 Å². The van der Waals surface area contributed by atoms with Crippen LogP contribution in [0.2, 0.25) is 0 Å². The van der Waals surface area contributed by atoms with Crippen LogP contribution in [0.1, 0.15) is 29.0 Å². The highest BCUT2D eigenvalue weighted by atomic mass is 16.2. The summed E-state index contributed by atoms with van der Waals surface area (Å²) in [5.41, 5.74) is 6.45. The molecule has 3 heterocycles. The van der Waals surface area contributed by atoms with Crippen molar-refractivity contribution >= 4 is 28.7 Å². The fraction of sp³-hybridized carbons (Fsp3) is 0.438. The van der Waals surface area contributed by atoms with Crippen LogP contribution in [-0.4, -0.2) is 58.3 Å². The molecule has 126 valence electrons. The van der Waals surface area contributed by atoms with Gasteiger partial charge in [0.2, 0.25) is 5.91 Å². The van der Waals surface area contributed by atoms with E-state index in [1.165, 1.54) is 4.90 Å². The molecule has 0 aromatic carbocycles. The Bertz CT molecular complexity index is 820. The molecule has 1 saturated heterocycles. The number of pyridine rings is 1. The first-order valence-corrected chi connectivity index (χ1v) is 7.80. The van der Waals surface area contributed by atoms with Crippen LogP contribution in [0.25, 0.3) is 11.0 Å². The fourth-order valence-electron chi connectivity index (χ4n) is 2.97. The Kier molecular flexibility index (Phi) is 4.04. The summed E-state index contributed by atoms with van der Waals surface area (Å²) in [6, 6.07) is 1.28. The molecular weight excluding hydrogens is 308 g/mol. The van der Waals surface area contributed by atoms with Crippen LogP contribution >= 0.6 is 0 Å². The van der Waals surface area contributed by atoms with E-state index in [1.54, 1.807) is 33.3 Å². The molecule has 0 bridgehead atoms. The summed E-state index contributed by atoms with van der Waals surface area (Å²) in [5, 5.41) is 0.685. The molecule has 3 rings (SSSR count). The third-order valence-corrected chi connectivity index (χ3v) is 4.16. The molecule has 1 aliphatic heterocycles. The van der Waals surface area contributed by atoms with Gasteiger partial charge < -0.3 is 15.5 Å². The standard InChI is InChI=1S/C16H20N6O2/c1-9-18-8-10-7-11(16(24)21(2)3)15(20-14(10)19-9)22-6-4-5-12(22)13(17)23/h7-8,12H,4-6H2,1-3H3,(H2,17,23). The van der Waals surface area contributed by atoms with Gasteiger partial charge >= 0.3 is 0 Å². The molecule has 1 atom stereocenters. The third-order valence-electron chi connectivity index (χ3n) is 4.16. The molecule has 1 unspecified atom stereocenters. The Morgan fingerprint density at radius 3 is 2.75 bits per heavy atom. The van der Waals surface area contributed by atoms with Crippen LogP contribution in [-0.2, 0) is 4.79 Å². The predicted octanol–water partition coefficient (Wildman–Crippen LogP) is 0.489. The van der Waals surface area contributed by atoms with Gasteiger partial charge in [-0.15, -0.1) is 0 Å². The second-order valence-electron chi connectivity index (χ2n) is 6.14. The van der Waals surface area contributed by atoms with Crippen molar-refractivity contribution in [2.45, 2.75) is 25.8 Å². The summed E-state index contributed by atoms with van der Waals surface area (Å²) in [4.78, 5) is 40.7. The van der Waals surface area contributed by atoms with E-state index >= 15 is 0 Å². The van der Waals surface area contributed by atoms with Crippen molar-refractivity contribution in [2.24, 2.45) is 5.73 Å². The number of nitrogens with two attached hydrogens (primary N) is 1. The Morgan fingerprint density at radius 1 is 1.33 bits per heavy atom.